The molecule has 0 radical (unpaired) electrons. The Hall–Kier alpha value is -0.690. The molecule has 1 heteroatoms. The summed E-state index contributed by atoms with van der Waals surface area (Å²) in [5.41, 5.74) is 0. The van der Waals surface area contributed by atoms with Crippen molar-refractivity contribution >= 4 is 11.8 Å². The Bertz CT molecular complexity index is 236. The number of hydrogen-bond donors (Lipinski definition) is 0. The highest BCUT2D eigenvalue weighted by Crippen LogP contribution is 2.24. The van der Waals surface area contributed by atoms with Gasteiger partial charge in [0, 0.05) is 4.90 Å². The van der Waals surface area contributed by atoms with Crippen LogP contribution in [0.4, 0.5) is 0 Å². The summed E-state index contributed by atoms with van der Waals surface area (Å²) in [6.45, 7) is 4.18. The minimum absolute atomic E-state index is 1.31. The molecular formula is C10H12S. The van der Waals surface area contributed by atoms with Crippen LogP contribution in [0.2, 0.25) is 0 Å². The van der Waals surface area contributed by atoms with Crippen molar-refractivity contribution in [3.63, 3.8) is 0 Å². The molecule has 0 spiro atoms. The van der Waals surface area contributed by atoms with Gasteiger partial charge in [-0.05, 0) is 30.9 Å². The molecular weight excluding hydrogens is 152 g/mol. The van der Waals surface area contributed by atoms with Gasteiger partial charge in [0.05, 0.1) is 0 Å². The molecule has 0 aromatic heterocycles. The molecule has 0 amide bonds. The van der Waals surface area contributed by atoms with E-state index in [0.29, 0.717) is 0 Å². The Labute approximate surface area is 72.3 Å². The highest BCUT2D eigenvalue weighted by molar-refractivity contribution is 8.03. The van der Waals surface area contributed by atoms with Crippen LogP contribution in [-0.2, 0) is 0 Å². The second-order valence-electron chi connectivity index (χ2n) is 2.31. The molecule has 0 aliphatic carbocycles. The van der Waals surface area contributed by atoms with Gasteiger partial charge in [0.1, 0.15) is 0 Å². The molecule has 0 saturated heterocycles. The molecule has 1 aromatic rings. The van der Waals surface area contributed by atoms with Crippen LogP contribution >= 0.6 is 11.8 Å². The Morgan fingerprint density at radius 1 is 1.27 bits per heavy atom. The lowest BCUT2D eigenvalue weighted by atomic mass is 10.4. The van der Waals surface area contributed by atoms with Crippen LogP contribution in [0, 0.1) is 0 Å². The Balaban J connectivity index is 2.65. The fraction of sp³-hybridized carbons (Fsp3) is 0.200. The third-order valence-corrected chi connectivity index (χ3v) is 2.49. The van der Waals surface area contributed by atoms with Crippen molar-refractivity contribution in [2.24, 2.45) is 0 Å². The average molecular weight is 164 g/mol. The minimum atomic E-state index is 1.31. The van der Waals surface area contributed by atoms with Crippen molar-refractivity contribution in [1.29, 1.82) is 0 Å². The highest BCUT2D eigenvalue weighted by atomic mass is 32.2. The Kier molecular flexibility index (Phi) is 3.24. The summed E-state index contributed by atoms with van der Waals surface area (Å²) in [4.78, 5) is 2.65. The van der Waals surface area contributed by atoms with Gasteiger partial charge in [-0.3, -0.25) is 0 Å². The fourth-order valence-electron chi connectivity index (χ4n) is 0.733. The van der Waals surface area contributed by atoms with Crippen LogP contribution < -0.4 is 0 Å². The maximum Gasteiger partial charge on any atom is 0.0118 e. The molecule has 0 atom stereocenters. The molecule has 0 saturated carbocycles. The lowest BCUT2D eigenvalue weighted by molar-refractivity contribution is 1.46. The van der Waals surface area contributed by atoms with E-state index in [0.717, 1.165) is 0 Å². The summed E-state index contributed by atoms with van der Waals surface area (Å²) in [5, 5.41) is 0. The zero-order valence-corrected chi connectivity index (χ0v) is 7.69. The van der Waals surface area contributed by atoms with Gasteiger partial charge >= 0.3 is 0 Å². The number of benzene rings is 1. The third-order valence-electron chi connectivity index (χ3n) is 1.43. The predicted molar refractivity (Wildman–Crippen MR) is 51.7 cm³/mol. The second kappa shape index (κ2) is 4.24. The van der Waals surface area contributed by atoms with E-state index in [9.17, 15) is 0 Å². The van der Waals surface area contributed by atoms with Gasteiger partial charge in [-0.1, -0.05) is 36.0 Å². The molecule has 1 aromatic carbocycles. The van der Waals surface area contributed by atoms with E-state index in [1.807, 2.05) is 6.07 Å². The van der Waals surface area contributed by atoms with Gasteiger partial charge in [0.15, 0.2) is 0 Å². The van der Waals surface area contributed by atoms with E-state index in [4.69, 9.17) is 0 Å². The topological polar surface area (TPSA) is 0 Å². The molecule has 0 nitrogen and oxygen atoms in total. The van der Waals surface area contributed by atoms with Crippen molar-refractivity contribution in [3.05, 3.63) is 41.3 Å². The molecule has 11 heavy (non-hydrogen) atoms. The Morgan fingerprint density at radius 3 is 2.45 bits per heavy atom. The molecule has 1 rings (SSSR count). The van der Waals surface area contributed by atoms with Crippen molar-refractivity contribution in [3.8, 4) is 0 Å². The smallest absolute Gasteiger partial charge is 0.0118 e. The van der Waals surface area contributed by atoms with Gasteiger partial charge in [-0.2, -0.15) is 0 Å². The summed E-state index contributed by atoms with van der Waals surface area (Å²) in [6, 6.07) is 10.4. The van der Waals surface area contributed by atoms with E-state index < -0.39 is 0 Å². The van der Waals surface area contributed by atoms with Gasteiger partial charge in [0.25, 0.3) is 0 Å². The lowest BCUT2D eigenvalue weighted by Gasteiger charge is -1.98. The first kappa shape index (κ1) is 8.41. The van der Waals surface area contributed by atoms with Crippen LogP contribution in [0.3, 0.4) is 0 Å². The first-order valence-corrected chi connectivity index (χ1v) is 4.50. The zero-order valence-electron chi connectivity index (χ0n) is 6.87. The SMILES string of the molecule is CC=C(C)Sc1ccccc1. The standard InChI is InChI=1S/C10H12S/c1-3-9(2)11-10-7-5-4-6-8-10/h3-8H,1-2H3. The predicted octanol–water partition coefficient (Wildman–Crippen LogP) is 3.70. The number of thioether (sulfide) groups is 1. The van der Waals surface area contributed by atoms with E-state index in [1.165, 1.54) is 9.80 Å². The summed E-state index contributed by atoms with van der Waals surface area (Å²) in [7, 11) is 0. The van der Waals surface area contributed by atoms with Gasteiger partial charge in [-0.25, -0.2) is 0 Å². The first-order valence-electron chi connectivity index (χ1n) is 3.68. The van der Waals surface area contributed by atoms with E-state index in [1.54, 1.807) is 11.8 Å². The number of hydrogen-bond acceptors (Lipinski definition) is 1. The molecule has 58 valence electrons. The first-order chi connectivity index (χ1) is 5.33. The number of rotatable bonds is 2. The van der Waals surface area contributed by atoms with E-state index >= 15 is 0 Å². The Morgan fingerprint density at radius 2 is 1.91 bits per heavy atom. The van der Waals surface area contributed by atoms with Crippen LogP contribution in [0.5, 0.6) is 0 Å². The summed E-state index contributed by atoms with van der Waals surface area (Å²) in [6.07, 6.45) is 2.12. The third kappa shape index (κ3) is 2.81. The highest BCUT2D eigenvalue weighted by Gasteiger charge is 1.91. The van der Waals surface area contributed by atoms with Gasteiger partial charge in [0.2, 0.25) is 0 Å². The van der Waals surface area contributed by atoms with Gasteiger partial charge in [-0.15, -0.1) is 0 Å². The second-order valence-corrected chi connectivity index (χ2v) is 3.63. The average Bonchev–Trinajstić information content (AvgIpc) is 2.06. The minimum Gasteiger partial charge on any atom is -0.0952 e. The zero-order chi connectivity index (χ0) is 8.10. The van der Waals surface area contributed by atoms with Crippen molar-refractivity contribution in [1.82, 2.24) is 0 Å². The van der Waals surface area contributed by atoms with Crippen LogP contribution in [-0.4, -0.2) is 0 Å². The van der Waals surface area contributed by atoms with Crippen LogP contribution in [0.1, 0.15) is 13.8 Å². The van der Waals surface area contributed by atoms with E-state index in [-0.39, 0.29) is 0 Å². The molecule has 0 aliphatic heterocycles. The largest absolute Gasteiger partial charge is 0.0952 e. The maximum atomic E-state index is 2.12. The molecule has 0 aliphatic rings. The van der Waals surface area contributed by atoms with Crippen molar-refractivity contribution in [2.75, 3.05) is 0 Å². The maximum absolute atomic E-state index is 2.12. The van der Waals surface area contributed by atoms with Crippen molar-refractivity contribution < 1.29 is 0 Å². The molecule has 0 unspecified atom stereocenters. The quantitative estimate of drug-likeness (QED) is 0.600. The molecule has 0 fully saturated rings. The fourth-order valence-corrected chi connectivity index (χ4v) is 1.52. The molecule has 0 N–H and O–H groups in total. The molecule has 0 bridgehead atoms. The van der Waals surface area contributed by atoms with Crippen molar-refractivity contribution in [2.45, 2.75) is 18.7 Å². The molecule has 0 heterocycles. The number of allylic oxidation sites excluding steroid dienone is 2. The van der Waals surface area contributed by atoms with Gasteiger partial charge < -0.3 is 0 Å². The summed E-state index contributed by atoms with van der Waals surface area (Å²) in [5.74, 6) is 0. The van der Waals surface area contributed by atoms with Crippen LogP contribution in [0.15, 0.2) is 46.2 Å². The summed E-state index contributed by atoms with van der Waals surface area (Å²) >= 11 is 1.80. The van der Waals surface area contributed by atoms with E-state index in [2.05, 4.69) is 44.2 Å². The lowest BCUT2D eigenvalue weighted by Crippen LogP contribution is -1.69. The van der Waals surface area contributed by atoms with Crippen LogP contribution in [0.25, 0.3) is 0 Å². The monoisotopic (exact) mass is 164 g/mol. The summed E-state index contributed by atoms with van der Waals surface area (Å²) < 4.78 is 0. The normalized spacial score (nSPS) is 11.6.